The smallest absolute Gasteiger partial charge is 0.356 e. The monoisotopic (exact) mass is 366 g/mol. The quantitative estimate of drug-likeness (QED) is 0.817. The largest absolute Gasteiger partial charge is 0.496 e. The molecule has 0 radical (unpaired) electrons. The number of nitrogens with one attached hydrogen (secondary N) is 1. The molecule has 0 spiro atoms. The minimum Gasteiger partial charge on any atom is -0.496 e. The average molecular weight is 367 g/mol. The van der Waals surface area contributed by atoms with E-state index in [1.807, 2.05) is 0 Å². The number of carbonyl (C=O) groups is 1. The van der Waals surface area contributed by atoms with Gasteiger partial charge in [-0.15, -0.1) is 0 Å². The highest BCUT2D eigenvalue weighted by atomic mass is 79.9. The summed E-state index contributed by atoms with van der Waals surface area (Å²) >= 11 is 3.40. The molecule has 116 valence electrons. The van der Waals surface area contributed by atoms with E-state index in [0.717, 1.165) is 4.47 Å². The van der Waals surface area contributed by atoms with Crippen molar-refractivity contribution < 1.29 is 19.0 Å². The van der Waals surface area contributed by atoms with Gasteiger partial charge in [0.2, 0.25) is 0 Å². The van der Waals surface area contributed by atoms with E-state index in [1.165, 1.54) is 7.11 Å². The minimum atomic E-state index is -0.504. The molecule has 2 rings (SSSR count). The van der Waals surface area contributed by atoms with Crippen molar-refractivity contribution in [1.82, 2.24) is 4.98 Å². The standard InChI is InChI=1S/C15H15BrN2O4/c1-17-14-13(7-5-11(18-14)15(19)21-3)22-9-4-6-12(20-2)10(16)8-9/h4-8H,1-3H3,(H,17,18). The summed E-state index contributed by atoms with van der Waals surface area (Å²) in [6, 6.07) is 8.54. The fourth-order valence-corrected chi connectivity index (χ4v) is 2.28. The number of benzene rings is 1. The van der Waals surface area contributed by atoms with Gasteiger partial charge in [0.1, 0.15) is 11.5 Å². The molecule has 0 unspecified atom stereocenters. The maximum absolute atomic E-state index is 11.5. The highest BCUT2D eigenvalue weighted by Gasteiger charge is 2.13. The van der Waals surface area contributed by atoms with E-state index in [-0.39, 0.29) is 5.69 Å². The lowest BCUT2D eigenvalue weighted by atomic mass is 10.3. The van der Waals surface area contributed by atoms with Crippen LogP contribution in [-0.4, -0.2) is 32.2 Å². The van der Waals surface area contributed by atoms with E-state index in [9.17, 15) is 4.79 Å². The average Bonchev–Trinajstić information content (AvgIpc) is 2.54. The van der Waals surface area contributed by atoms with Crippen LogP contribution in [0.1, 0.15) is 10.5 Å². The SMILES string of the molecule is CNc1nc(C(=O)OC)ccc1Oc1ccc(OC)c(Br)c1. The van der Waals surface area contributed by atoms with Crippen molar-refractivity contribution >= 4 is 27.7 Å². The van der Waals surface area contributed by atoms with Gasteiger partial charge in [0.05, 0.1) is 18.7 Å². The van der Waals surface area contributed by atoms with Gasteiger partial charge in [-0.1, -0.05) is 0 Å². The molecule has 7 heteroatoms. The number of hydrogen-bond acceptors (Lipinski definition) is 6. The predicted octanol–water partition coefficient (Wildman–Crippen LogP) is 3.47. The van der Waals surface area contributed by atoms with Gasteiger partial charge in [-0.3, -0.25) is 0 Å². The van der Waals surface area contributed by atoms with Gasteiger partial charge in [-0.05, 0) is 46.3 Å². The van der Waals surface area contributed by atoms with Gasteiger partial charge in [-0.2, -0.15) is 0 Å². The first-order valence-electron chi connectivity index (χ1n) is 6.37. The summed E-state index contributed by atoms with van der Waals surface area (Å²) in [6.07, 6.45) is 0. The second-order valence-corrected chi connectivity index (χ2v) is 5.04. The first kappa shape index (κ1) is 16.1. The van der Waals surface area contributed by atoms with Gasteiger partial charge >= 0.3 is 5.97 Å². The zero-order chi connectivity index (χ0) is 16.1. The number of methoxy groups -OCH3 is 2. The van der Waals surface area contributed by atoms with Gasteiger partial charge in [-0.25, -0.2) is 9.78 Å². The molecule has 0 aliphatic rings. The summed E-state index contributed by atoms with van der Waals surface area (Å²) in [7, 11) is 4.59. The van der Waals surface area contributed by atoms with Gasteiger partial charge < -0.3 is 19.5 Å². The van der Waals surface area contributed by atoms with Crippen molar-refractivity contribution in [2.75, 3.05) is 26.6 Å². The molecule has 0 bridgehead atoms. The molecule has 1 heterocycles. The number of ether oxygens (including phenoxy) is 3. The summed E-state index contributed by atoms with van der Waals surface area (Å²) in [5, 5.41) is 2.89. The molecular formula is C15H15BrN2O4. The normalized spacial score (nSPS) is 10.0. The lowest BCUT2D eigenvalue weighted by molar-refractivity contribution is 0.0594. The van der Waals surface area contributed by atoms with Crippen LogP contribution in [0.5, 0.6) is 17.2 Å². The predicted molar refractivity (Wildman–Crippen MR) is 85.9 cm³/mol. The number of pyridine rings is 1. The van der Waals surface area contributed by atoms with Crippen molar-refractivity contribution in [3.05, 3.63) is 40.5 Å². The van der Waals surface area contributed by atoms with Gasteiger partial charge in [0.15, 0.2) is 17.3 Å². The van der Waals surface area contributed by atoms with E-state index >= 15 is 0 Å². The van der Waals surface area contributed by atoms with Gasteiger partial charge in [0.25, 0.3) is 0 Å². The number of rotatable bonds is 5. The molecule has 2 aromatic rings. The molecule has 1 aromatic heterocycles. The Morgan fingerprint density at radius 1 is 1.18 bits per heavy atom. The number of hydrogen-bond donors (Lipinski definition) is 1. The molecule has 1 aromatic carbocycles. The highest BCUT2D eigenvalue weighted by molar-refractivity contribution is 9.10. The van der Waals surface area contributed by atoms with E-state index in [2.05, 4.69) is 31.0 Å². The summed E-state index contributed by atoms with van der Waals surface area (Å²) in [4.78, 5) is 15.7. The van der Waals surface area contributed by atoms with Gasteiger partial charge in [0, 0.05) is 7.05 Å². The molecule has 0 amide bonds. The molecular weight excluding hydrogens is 352 g/mol. The van der Waals surface area contributed by atoms with E-state index in [1.54, 1.807) is 44.5 Å². The van der Waals surface area contributed by atoms with Crippen LogP contribution >= 0.6 is 15.9 Å². The Morgan fingerprint density at radius 2 is 1.91 bits per heavy atom. The third-order valence-corrected chi connectivity index (χ3v) is 3.46. The minimum absolute atomic E-state index is 0.204. The molecule has 0 aliphatic heterocycles. The van der Waals surface area contributed by atoms with E-state index < -0.39 is 5.97 Å². The molecule has 22 heavy (non-hydrogen) atoms. The molecule has 0 aliphatic carbocycles. The van der Waals surface area contributed by atoms with Crippen molar-refractivity contribution in [3.63, 3.8) is 0 Å². The highest BCUT2D eigenvalue weighted by Crippen LogP contribution is 2.33. The van der Waals surface area contributed by atoms with Crippen LogP contribution in [0.15, 0.2) is 34.8 Å². The third kappa shape index (κ3) is 3.48. The Bertz CT molecular complexity index is 691. The van der Waals surface area contributed by atoms with E-state index in [4.69, 9.17) is 9.47 Å². The third-order valence-electron chi connectivity index (χ3n) is 2.84. The molecule has 0 fully saturated rings. The van der Waals surface area contributed by atoms with Crippen LogP contribution in [0.2, 0.25) is 0 Å². The number of anilines is 1. The zero-order valence-corrected chi connectivity index (χ0v) is 13.9. The fraction of sp³-hybridized carbons (Fsp3) is 0.200. The van der Waals surface area contributed by atoms with Crippen LogP contribution in [-0.2, 0) is 4.74 Å². The first-order valence-corrected chi connectivity index (χ1v) is 7.17. The van der Waals surface area contributed by atoms with Crippen LogP contribution in [0.4, 0.5) is 5.82 Å². The Labute approximate surface area is 136 Å². The lowest BCUT2D eigenvalue weighted by Gasteiger charge is -2.12. The van der Waals surface area contributed by atoms with Crippen molar-refractivity contribution in [2.45, 2.75) is 0 Å². The number of carbonyl (C=O) groups excluding carboxylic acids is 1. The summed E-state index contributed by atoms with van der Waals surface area (Å²) in [5.74, 6) is 1.74. The Balaban J connectivity index is 2.29. The fourth-order valence-electron chi connectivity index (χ4n) is 1.76. The first-order chi connectivity index (χ1) is 10.6. The second-order valence-electron chi connectivity index (χ2n) is 4.18. The van der Waals surface area contributed by atoms with Crippen molar-refractivity contribution in [3.8, 4) is 17.2 Å². The number of esters is 1. The topological polar surface area (TPSA) is 69.7 Å². The van der Waals surface area contributed by atoms with Crippen LogP contribution in [0.25, 0.3) is 0 Å². The van der Waals surface area contributed by atoms with Crippen molar-refractivity contribution in [1.29, 1.82) is 0 Å². The molecule has 0 atom stereocenters. The molecule has 1 N–H and O–H groups in total. The summed E-state index contributed by atoms with van der Waals surface area (Å²) < 4.78 is 16.4. The van der Waals surface area contributed by atoms with Crippen LogP contribution < -0.4 is 14.8 Å². The lowest BCUT2D eigenvalue weighted by Crippen LogP contribution is -2.07. The number of aromatic nitrogens is 1. The molecule has 0 saturated carbocycles. The van der Waals surface area contributed by atoms with E-state index in [0.29, 0.717) is 23.1 Å². The molecule has 6 nitrogen and oxygen atoms in total. The van der Waals surface area contributed by atoms with Crippen LogP contribution in [0.3, 0.4) is 0 Å². The number of nitrogens with zero attached hydrogens (tertiary/aromatic N) is 1. The van der Waals surface area contributed by atoms with Crippen molar-refractivity contribution in [2.24, 2.45) is 0 Å². The maximum Gasteiger partial charge on any atom is 0.356 e. The molecule has 0 saturated heterocycles. The Kier molecular flexibility index (Phi) is 5.21. The maximum atomic E-state index is 11.5. The Hall–Kier alpha value is -2.28. The number of halogens is 1. The van der Waals surface area contributed by atoms with Crippen LogP contribution in [0, 0.1) is 0 Å². The Morgan fingerprint density at radius 3 is 2.50 bits per heavy atom. The summed E-state index contributed by atoms with van der Waals surface area (Å²) in [5.41, 5.74) is 0.204. The second kappa shape index (κ2) is 7.13. The summed E-state index contributed by atoms with van der Waals surface area (Å²) in [6.45, 7) is 0. The zero-order valence-electron chi connectivity index (χ0n) is 12.3.